The summed E-state index contributed by atoms with van der Waals surface area (Å²) in [6, 6.07) is 9.70. The van der Waals surface area contributed by atoms with Crippen LogP contribution < -0.4 is 5.32 Å². The lowest BCUT2D eigenvalue weighted by Crippen LogP contribution is -2.36. The molecule has 170 valence electrons. The summed E-state index contributed by atoms with van der Waals surface area (Å²) in [5.41, 5.74) is 2.26. The molecule has 6 nitrogen and oxygen atoms in total. The van der Waals surface area contributed by atoms with Crippen LogP contribution in [0.5, 0.6) is 0 Å². The highest BCUT2D eigenvalue weighted by atomic mass is 19.1. The number of esters is 1. The predicted octanol–water partition coefficient (Wildman–Crippen LogP) is 5.50. The lowest BCUT2D eigenvalue weighted by atomic mass is 9.90. The molecule has 0 unspecified atom stereocenters. The van der Waals surface area contributed by atoms with E-state index < -0.39 is 29.5 Å². The van der Waals surface area contributed by atoms with Crippen molar-refractivity contribution in [3.05, 3.63) is 58.4 Å². The molecule has 2 aromatic rings. The minimum absolute atomic E-state index is 0.117. The third-order valence-electron chi connectivity index (χ3n) is 4.71. The largest absolute Gasteiger partial charge is 0.466 e. The summed E-state index contributed by atoms with van der Waals surface area (Å²) in [6.07, 6.45) is -1.05. The van der Waals surface area contributed by atoms with Gasteiger partial charge in [0.2, 0.25) is 0 Å². The summed E-state index contributed by atoms with van der Waals surface area (Å²) in [5, 5.41) is 12.2. The van der Waals surface area contributed by atoms with E-state index in [1.165, 1.54) is 0 Å². The average molecular weight is 441 g/mol. The average Bonchev–Trinajstić information content (AvgIpc) is 2.68. The molecule has 2 aromatic carbocycles. The number of rotatable bonds is 6. The zero-order valence-electron chi connectivity index (χ0n) is 19.3. The molecule has 0 fully saturated rings. The number of carbonyl (C=O) groups excluding carboxylic acids is 2. The van der Waals surface area contributed by atoms with Gasteiger partial charge in [0, 0.05) is 11.1 Å². The van der Waals surface area contributed by atoms with Crippen LogP contribution in [0.4, 0.5) is 9.18 Å². The molecular formula is C25H29FN2O4. The van der Waals surface area contributed by atoms with E-state index in [-0.39, 0.29) is 18.6 Å². The first-order chi connectivity index (χ1) is 15.0. The second-order valence-electron chi connectivity index (χ2n) is 8.51. The van der Waals surface area contributed by atoms with Crippen molar-refractivity contribution in [2.75, 3.05) is 6.61 Å². The molecule has 0 aromatic heterocycles. The zero-order valence-corrected chi connectivity index (χ0v) is 19.3. The van der Waals surface area contributed by atoms with Gasteiger partial charge in [-0.1, -0.05) is 12.1 Å². The smallest absolute Gasteiger partial charge is 0.408 e. The Hall–Kier alpha value is -3.40. The number of halogens is 1. The van der Waals surface area contributed by atoms with Gasteiger partial charge in [-0.15, -0.1) is 0 Å². The first-order valence-electron chi connectivity index (χ1n) is 10.4. The summed E-state index contributed by atoms with van der Waals surface area (Å²) in [4.78, 5) is 24.7. The number of benzene rings is 2. The molecule has 1 N–H and O–H groups in total. The van der Waals surface area contributed by atoms with Crippen LogP contribution in [-0.4, -0.2) is 24.3 Å². The number of aryl methyl sites for hydroxylation is 2. The van der Waals surface area contributed by atoms with Crippen LogP contribution in [0.25, 0.3) is 11.1 Å². The number of amides is 1. The molecule has 0 aliphatic heterocycles. The van der Waals surface area contributed by atoms with Crippen molar-refractivity contribution in [2.24, 2.45) is 0 Å². The third-order valence-corrected chi connectivity index (χ3v) is 4.71. The van der Waals surface area contributed by atoms with Gasteiger partial charge in [-0.05, 0) is 76.4 Å². The van der Waals surface area contributed by atoms with Gasteiger partial charge in [-0.2, -0.15) is 5.26 Å². The molecule has 0 saturated carbocycles. The summed E-state index contributed by atoms with van der Waals surface area (Å²) in [5.74, 6) is -1.13. The van der Waals surface area contributed by atoms with E-state index in [1.807, 2.05) is 13.0 Å². The molecule has 1 atom stereocenters. The molecule has 2 rings (SSSR count). The van der Waals surface area contributed by atoms with Crippen molar-refractivity contribution in [1.29, 1.82) is 5.26 Å². The van der Waals surface area contributed by atoms with Gasteiger partial charge < -0.3 is 14.8 Å². The molecule has 0 aliphatic rings. The Balaban J connectivity index is 2.59. The number of nitriles is 1. The van der Waals surface area contributed by atoms with Crippen molar-refractivity contribution < 1.29 is 23.5 Å². The molecule has 32 heavy (non-hydrogen) atoms. The van der Waals surface area contributed by atoms with E-state index in [2.05, 4.69) is 11.4 Å². The number of carbonyl (C=O) groups is 2. The SMILES string of the molecule is CCOC(=O)C[C@H](NC(=O)OC(C)(C)C)c1cc(-c2c(C)cccc2C#N)cc(C)c1F. The van der Waals surface area contributed by atoms with Gasteiger partial charge in [-0.25, -0.2) is 9.18 Å². The van der Waals surface area contributed by atoms with E-state index in [4.69, 9.17) is 9.47 Å². The minimum atomic E-state index is -1.02. The number of nitrogens with zero attached hydrogens (tertiary/aromatic N) is 1. The molecule has 0 aliphatic carbocycles. The zero-order chi connectivity index (χ0) is 24.1. The fraction of sp³-hybridized carbons (Fsp3) is 0.400. The maximum absolute atomic E-state index is 15.2. The van der Waals surface area contributed by atoms with Crippen LogP contribution in [-0.2, 0) is 14.3 Å². The Bertz CT molecular complexity index is 1050. The number of hydrogen-bond donors (Lipinski definition) is 1. The van der Waals surface area contributed by atoms with Crippen LogP contribution in [0.1, 0.15) is 62.4 Å². The molecule has 0 radical (unpaired) electrons. The van der Waals surface area contributed by atoms with Crippen LogP contribution in [0.15, 0.2) is 30.3 Å². The summed E-state index contributed by atoms with van der Waals surface area (Å²) >= 11 is 0. The minimum Gasteiger partial charge on any atom is -0.466 e. The first-order valence-corrected chi connectivity index (χ1v) is 10.4. The Morgan fingerprint density at radius 2 is 1.88 bits per heavy atom. The predicted molar refractivity (Wildman–Crippen MR) is 119 cm³/mol. The topological polar surface area (TPSA) is 88.4 Å². The number of nitrogens with one attached hydrogen (secondary N) is 1. The van der Waals surface area contributed by atoms with Crippen molar-refractivity contribution in [3.63, 3.8) is 0 Å². The maximum atomic E-state index is 15.2. The molecular weight excluding hydrogens is 411 g/mol. The Kier molecular flexibility index (Phi) is 7.98. The van der Waals surface area contributed by atoms with Gasteiger partial charge in [0.1, 0.15) is 11.4 Å². The Morgan fingerprint density at radius 3 is 2.47 bits per heavy atom. The lowest BCUT2D eigenvalue weighted by molar-refractivity contribution is -0.143. The summed E-state index contributed by atoms with van der Waals surface area (Å²) < 4.78 is 25.6. The van der Waals surface area contributed by atoms with Gasteiger partial charge >= 0.3 is 12.1 Å². The molecule has 0 bridgehead atoms. The highest BCUT2D eigenvalue weighted by Gasteiger charge is 2.27. The highest BCUT2D eigenvalue weighted by molar-refractivity contribution is 5.77. The van der Waals surface area contributed by atoms with E-state index in [1.54, 1.807) is 58.9 Å². The van der Waals surface area contributed by atoms with Crippen LogP contribution >= 0.6 is 0 Å². The number of alkyl carbamates (subject to hydrolysis) is 1. The van der Waals surface area contributed by atoms with Crippen LogP contribution in [0.2, 0.25) is 0 Å². The Morgan fingerprint density at radius 1 is 1.19 bits per heavy atom. The quantitative estimate of drug-likeness (QED) is 0.599. The van der Waals surface area contributed by atoms with Crippen LogP contribution in [0, 0.1) is 31.0 Å². The second kappa shape index (κ2) is 10.3. The normalized spacial score (nSPS) is 11.9. The van der Waals surface area contributed by atoms with Gasteiger partial charge in [-0.3, -0.25) is 4.79 Å². The first kappa shape index (κ1) is 24.9. The molecule has 0 heterocycles. The van der Waals surface area contributed by atoms with Crippen LogP contribution in [0.3, 0.4) is 0 Å². The summed E-state index contributed by atoms with van der Waals surface area (Å²) in [6.45, 7) is 10.4. The van der Waals surface area contributed by atoms with E-state index in [9.17, 15) is 14.9 Å². The number of hydrogen-bond acceptors (Lipinski definition) is 5. The monoisotopic (exact) mass is 440 g/mol. The number of ether oxygens (including phenoxy) is 2. The molecule has 1 amide bonds. The van der Waals surface area contributed by atoms with Gasteiger partial charge in [0.05, 0.1) is 30.7 Å². The summed E-state index contributed by atoms with van der Waals surface area (Å²) in [7, 11) is 0. The van der Waals surface area contributed by atoms with Crippen molar-refractivity contribution in [1.82, 2.24) is 5.32 Å². The van der Waals surface area contributed by atoms with Gasteiger partial charge in [0.15, 0.2) is 0 Å². The molecule has 0 saturated heterocycles. The second-order valence-corrected chi connectivity index (χ2v) is 8.51. The third kappa shape index (κ3) is 6.30. The Labute approximate surface area is 188 Å². The fourth-order valence-corrected chi connectivity index (χ4v) is 3.41. The van der Waals surface area contributed by atoms with E-state index in [0.717, 1.165) is 5.56 Å². The molecule has 0 spiro atoms. The fourth-order valence-electron chi connectivity index (χ4n) is 3.41. The molecule has 7 heteroatoms. The van der Waals surface area contributed by atoms with E-state index in [0.29, 0.717) is 22.3 Å². The van der Waals surface area contributed by atoms with Crippen molar-refractivity contribution in [2.45, 2.75) is 59.6 Å². The maximum Gasteiger partial charge on any atom is 0.408 e. The lowest BCUT2D eigenvalue weighted by Gasteiger charge is -2.24. The standard InChI is InChI=1S/C25H29FN2O4/c1-7-31-21(29)13-20(28-24(30)32-25(4,5)6)19-12-18(11-16(3)23(19)26)22-15(2)9-8-10-17(22)14-27/h8-12,20H,7,13H2,1-6H3,(H,28,30)/t20-/m0/s1. The van der Waals surface area contributed by atoms with Crippen molar-refractivity contribution >= 4 is 12.1 Å². The van der Waals surface area contributed by atoms with E-state index >= 15 is 4.39 Å². The highest BCUT2D eigenvalue weighted by Crippen LogP contribution is 2.33. The van der Waals surface area contributed by atoms with Crippen molar-refractivity contribution in [3.8, 4) is 17.2 Å². The van der Waals surface area contributed by atoms with Gasteiger partial charge in [0.25, 0.3) is 0 Å².